The largest absolute Gasteiger partial charge is 0.459 e. The van der Waals surface area contributed by atoms with Crippen molar-refractivity contribution in [2.24, 2.45) is 5.92 Å². The highest BCUT2D eigenvalue weighted by atomic mass is 79.9. The molecule has 7 heteroatoms. The maximum Gasteiger partial charge on any atom is 0.324 e. The van der Waals surface area contributed by atoms with E-state index in [4.69, 9.17) is 4.74 Å². The highest BCUT2D eigenvalue weighted by Crippen LogP contribution is 2.24. The summed E-state index contributed by atoms with van der Waals surface area (Å²) in [5.74, 6) is -0.843. The minimum Gasteiger partial charge on any atom is -0.459 e. The number of carbonyl (C=O) groups is 1. The van der Waals surface area contributed by atoms with E-state index in [0.29, 0.717) is 0 Å². The molecule has 0 spiro atoms. The van der Waals surface area contributed by atoms with Crippen LogP contribution in [-0.2, 0) is 19.6 Å². The Kier molecular flexibility index (Phi) is 7.07. The van der Waals surface area contributed by atoms with Crippen LogP contribution in [0.2, 0.25) is 0 Å². The number of esters is 1. The van der Waals surface area contributed by atoms with Crippen molar-refractivity contribution in [2.45, 2.75) is 51.2 Å². The molecule has 28 heavy (non-hydrogen) atoms. The van der Waals surface area contributed by atoms with Crippen LogP contribution >= 0.6 is 15.9 Å². The first-order valence-electron chi connectivity index (χ1n) is 9.00. The van der Waals surface area contributed by atoms with E-state index >= 15 is 0 Å². The number of hydrogen-bond acceptors (Lipinski definition) is 4. The van der Waals surface area contributed by atoms with Gasteiger partial charge in [0, 0.05) is 4.47 Å². The van der Waals surface area contributed by atoms with E-state index in [1.807, 2.05) is 24.3 Å². The van der Waals surface area contributed by atoms with Gasteiger partial charge < -0.3 is 4.74 Å². The predicted molar refractivity (Wildman–Crippen MR) is 114 cm³/mol. The Hall–Kier alpha value is -1.70. The Morgan fingerprint density at radius 3 is 1.86 bits per heavy atom. The molecule has 2 rings (SSSR count). The molecule has 0 bridgehead atoms. The Morgan fingerprint density at radius 2 is 1.43 bits per heavy atom. The lowest BCUT2D eigenvalue weighted by Gasteiger charge is -2.26. The molecule has 152 valence electrons. The molecular formula is C21H26BrNO4S. The summed E-state index contributed by atoms with van der Waals surface area (Å²) >= 11 is 3.39. The number of carbonyl (C=O) groups excluding carboxylic acids is 1. The maximum atomic E-state index is 12.8. The fourth-order valence-electron chi connectivity index (χ4n) is 2.53. The van der Waals surface area contributed by atoms with Crippen LogP contribution in [0.5, 0.6) is 0 Å². The smallest absolute Gasteiger partial charge is 0.324 e. The molecule has 0 radical (unpaired) electrons. The molecule has 0 aliphatic heterocycles. The lowest BCUT2D eigenvalue weighted by atomic mass is 10.1. The number of benzene rings is 2. The molecule has 0 fully saturated rings. The number of ether oxygens (including phenoxy) is 1. The van der Waals surface area contributed by atoms with E-state index in [9.17, 15) is 13.2 Å². The van der Waals surface area contributed by atoms with Crippen molar-refractivity contribution in [1.29, 1.82) is 0 Å². The van der Waals surface area contributed by atoms with E-state index in [1.54, 1.807) is 46.8 Å². The Morgan fingerprint density at radius 1 is 0.964 bits per heavy atom. The Labute approximate surface area is 175 Å². The van der Waals surface area contributed by atoms with Crippen LogP contribution in [0.25, 0.3) is 11.1 Å². The topological polar surface area (TPSA) is 72.5 Å². The molecule has 0 saturated carbocycles. The minimum atomic E-state index is -3.87. The van der Waals surface area contributed by atoms with Crippen LogP contribution in [0.15, 0.2) is 57.9 Å². The van der Waals surface area contributed by atoms with Gasteiger partial charge in [-0.3, -0.25) is 4.79 Å². The molecule has 1 atom stereocenters. The third-order valence-corrected chi connectivity index (χ3v) is 5.94. The van der Waals surface area contributed by atoms with E-state index in [2.05, 4.69) is 20.7 Å². The summed E-state index contributed by atoms with van der Waals surface area (Å²) in [5.41, 5.74) is 1.19. The van der Waals surface area contributed by atoms with Gasteiger partial charge in [-0.1, -0.05) is 54.0 Å². The summed E-state index contributed by atoms with van der Waals surface area (Å²) in [6.07, 6.45) is 0. The van der Waals surface area contributed by atoms with Gasteiger partial charge in [-0.25, -0.2) is 8.42 Å². The van der Waals surface area contributed by atoms with E-state index < -0.39 is 27.6 Å². The third kappa shape index (κ3) is 6.15. The highest BCUT2D eigenvalue weighted by molar-refractivity contribution is 9.10. The molecule has 0 aliphatic rings. The van der Waals surface area contributed by atoms with E-state index in [0.717, 1.165) is 15.6 Å². The van der Waals surface area contributed by atoms with Gasteiger partial charge in [0.2, 0.25) is 10.0 Å². The second kappa shape index (κ2) is 8.76. The van der Waals surface area contributed by atoms with Gasteiger partial charge in [-0.2, -0.15) is 4.72 Å². The zero-order valence-corrected chi connectivity index (χ0v) is 19.1. The lowest BCUT2D eigenvalue weighted by Crippen LogP contribution is -2.47. The van der Waals surface area contributed by atoms with Gasteiger partial charge in [-0.15, -0.1) is 0 Å². The minimum absolute atomic E-state index is 0.0996. The first-order valence-corrected chi connectivity index (χ1v) is 11.3. The summed E-state index contributed by atoms with van der Waals surface area (Å²) in [7, 11) is -3.87. The predicted octanol–water partition coefficient (Wildman–Crippen LogP) is 4.76. The van der Waals surface area contributed by atoms with Crippen molar-refractivity contribution in [1.82, 2.24) is 4.72 Å². The standard InChI is InChI=1S/C21H26BrNO4S/c1-14(2)19(20(24)27-21(3,4)5)23-28(25,26)18-12-8-16(9-13-18)15-6-10-17(22)11-7-15/h6-14,19,23H,1-5H3. The summed E-state index contributed by atoms with van der Waals surface area (Å²) in [5, 5.41) is 0. The number of halogens is 1. The first-order chi connectivity index (χ1) is 12.9. The number of rotatable bonds is 6. The Balaban J connectivity index is 2.22. The van der Waals surface area contributed by atoms with Crippen molar-refractivity contribution in [3.63, 3.8) is 0 Å². The normalized spacial score (nSPS) is 13.4. The van der Waals surface area contributed by atoms with Crippen LogP contribution < -0.4 is 4.72 Å². The monoisotopic (exact) mass is 467 g/mol. The molecule has 0 heterocycles. The van der Waals surface area contributed by atoms with Gasteiger partial charge in [0.1, 0.15) is 11.6 Å². The van der Waals surface area contributed by atoms with Crippen molar-refractivity contribution >= 4 is 31.9 Å². The van der Waals surface area contributed by atoms with Crippen LogP contribution in [0.3, 0.4) is 0 Å². The lowest BCUT2D eigenvalue weighted by molar-refractivity contribution is -0.158. The van der Waals surface area contributed by atoms with Gasteiger partial charge in [-0.05, 0) is 62.1 Å². The van der Waals surface area contributed by atoms with Crippen LogP contribution in [0.1, 0.15) is 34.6 Å². The zero-order valence-electron chi connectivity index (χ0n) is 16.7. The number of hydrogen-bond donors (Lipinski definition) is 1. The number of sulfonamides is 1. The van der Waals surface area contributed by atoms with E-state index in [1.165, 1.54) is 12.1 Å². The molecule has 0 aliphatic carbocycles. The van der Waals surface area contributed by atoms with Gasteiger partial charge >= 0.3 is 5.97 Å². The van der Waals surface area contributed by atoms with Crippen LogP contribution in [0, 0.1) is 5.92 Å². The summed E-state index contributed by atoms with van der Waals surface area (Å²) in [4.78, 5) is 12.5. The summed E-state index contributed by atoms with van der Waals surface area (Å²) < 4.78 is 34.4. The average Bonchev–Trinajstić information content (AvgIpc) is 2.59. The summed E-state index contributed by atoms with van der Waals surface area (Å²) in [6.45, 7) is 8.79. The highest BCUT2D eigenvalue weighted by Gasteiger charge is 2.32. The van der Waals surface area contributed by atoms with Crippen molar-refractivity contribution in [2.75, 3.05) is 0 Å². The quantitative estimate of drug-likeness (QED) is 0.621. The van der Waals surface area contributed by atoms with E-state index in [-0.39, 0.29) is 10.8 Å². The molecule has 0 amide bonds. The molecule has 2 aromatic carbocycles. The second-order valence-electron chi connectivity index (χ2n) is 7.91. The average molecular weight is 468 g/mol. The molecule has 1 unspecified atom stereocenters. The molecule has 1 N–H and O–H groups in total. The zero-order chi connectivity index (χ0) is 21.1. The SMILES string of the molecule is CC(C)C(NS(=O)(=O)c1ccc(-c2ccc(Br)cc2)cc1)C(=O)OC(C)(C)C. The van der Waals surface area contributed by atoms with Gasteiger partial charge in [0.25, 0.3) is 0 Å². The molecule has 0 saturated heterocycles. The van der Waals surface area contributed by atoms with Crippen LogP contribution in [-0.4, -0.2) is 26.0 Å². The molecule has 0 aromatic heterocycles. The van der Waals surface area contributed by atoms with Crippen molar-refractivity contribution < 1.29 is 17.9 Å². The fourth-order valence-corrected chi connectivity index (χ4v) is 4.12. The third-order valence-electron chi connectivity index (χ3n) is 3.95. The Bertz CT molecular complexity index is 914. The summed E-state index contributed by atoms with van der Waals surface area (Å²) in [6, 6.07) is 13.3. The molecule has 5 nitrogen and oxygen atoms in total. The molecule has 2 aromatic rings. The van der Waals surface area contributed by atoms with Crippen molar-refractivity contribution in [3.8, 4) is 11.1 Å². The first kappa shape index (κ1) is 22.6. The second-order valence-corrected chi connectivity index (χ2v) is 10.5. The van der Waals surface area contributed by atoms with Crippen molar-refractivity contribution in [3.05, 3.63) is 53.0 Å². The van der Waals surface area contributed by atoms with Gasteiger partial charge in [0.15, 0.2) is 0 Å². The van der Waals surface area contributed by atoms with Crippen LogP contribution in [0.4, 0.5) is 0 Å². The number of nitrogens with one attached hydrogen (secondary N) is 1. The van der Waals surface area contributed by atoms with Gasteiger partial charge in [0.05, 0.1) is 4.90 Å². The molecular weight excluding hydrogens is 442 g/mol. The fraction of sp³-hybridized carbons (Fsp3) is 0.381. The maximum absolute atomic E-state index is 12.8.